The fraction of sp³-hybridized carbons (Fsp3) is 0.294. The van der Waals surface area contributed by atoms with Crippen LogP contribution in [-0.2, 0) is 11.2 Å². The largest absolute Gasteiger partial charge is 0.349 e. The van der Waals surface area contributed by atoms with Gasteiger partial charge >= 0.3 is 0 Å². The third-order valence-electron chi connectivity index (χ3n) is 3.73. The van der Waals surface area contributed by atoms with Crippen molar-refractivity contribution >= 4 is 17.7 Å². The molecule has 0 radical (unpaired) electrons. The second kappa shape index (κ2) is 5.90. The van der Waals surface area contributed by atoms with Gasteiger partial charge in [0.15, 0.2) is 0 Å². The molecule has 2 atom stereocenters. The van der Waals surface area contributed by atoms with Gasteiger partial charge in [-0.25, -0.2) is 0 Å². The van der Waals surface area contributed by atoms with E-state index in [1.807, 2.05) is 19.1 Å². The molecule has 1 N–H and O–H groups in total. The van der Waals surface area contributed by atoms with E-state index in [1.54, 1.807) is 24.2 Å². The maximum atomic E-state index is 12.4. The zero-order chi connectivity index (χ0) is 14.8. The van der Waals surface area contributed by atoms with Crippen molar-refractivity contribution < 1.29 is 4.79 Å². The molecule has 0 saturated heterocycles. The number of fused-ring (bicyclic) bond motifs is 1. The van der Waals surface area contributed by atoms with Gasteiger partial charge in [-0.1, -0.05) is 23.8 Å². The maximum absolute atomic E-state index is 12.4. The molecule has 4 heteroatoms. The van der Waals surface area contributed by atoms with Crippen LogP contribution in [0.2, 0.25) is 0 Å². The van der Waals surface area contributed by atoms with Crippen LogP contribution < -0.4 is 5.32 Å². The Hall–Kier alpha value is -1.81. The minimum Gasteiger partial charge on any atom is -0.349 e. The minimum absolute atomic E-state index is 0.0164. The number of nitrogens with one attached hydrogen (secondary N) is 1. The fourth-order valence-corrected chi connectivity index (χ4v) is 3.80. The second-order valence-electron chi connectivity index (χ2n) is 5.44. The Morgan fingerprint density at radius 3 is 3.05 bits per heavy atom. The number of amides is 1. The zero-order valence-corrected chi connectivity index (χ0v) is 13.0. The van der Waals surface area contributed by atoms with Crippen molar-refractivity contribution in [3.8, 4) is 0 Å². The third-order valence-corrected chi connectivity index (χ3v) is 5.03. The summed E-state index contributed by atoms with van der Waals surface area (Å²) in [5, 5.41) is 3.06. The van der Waals surface area contributed by atoms with Crippen LogP contribution in [0.4, 0.5) is 0 Å². The number of carbonyl (C=O) groups is 1. The average molecular weight is 298 g/mol. The number of hydrogen-bond acceptors (Lipinski definition) is 3. The number of pyridine rings is 1. The van der Waals surface area contributed by atoms with E-state index in [4.69, 9.17) is 0 Å². The van der Waals surface area contributed by atoms with E-state index in [0.717, 1.165) is 12.0 Å². The lowest BCUT2D eigenvalue weighted by atomic mass is 10.1. The van der Waals surface area contributed by atoms with E-state index in [2.05, 4.69) is 35.4 Å². The van der Waals surface area contributed by atoms with E-state index in [1.165, 1.54) is 16.0 Å². The van der Waals surface area contributed by atoms with Crippen LogP contribution in [0, 0.1) is 6.92 Å². The van der Waals surface area contributed by atoms with Gasteiger partial charge in [-0.2, -0.15) is 0 Å². The first-order valence-corrected chi connectivity index (χ1v) is 7.98. The molecule has 1 amide bonds. The predicted molar refractivity (Wildman–Crippen MR) is 85.3 cm³/mol. The second-order valence-corrected chi connectivity index (χ2v) is 6.68. The molecule has 1 aliphatic rings. The molecule has 0 saturated carbocycles. The molecule has 2 aromatic rings. The molecule has 108 valence electrons. The number of hydrogen-bond donors (Lipinski definition) is 1. The third kappa shape index (κ3) is 3.10. The lowest BCUT2D eigenvalue weighted by Gasteiger charge is -2.16. The molecular weight excluding hydrogens is 280 g/mol. The Morgan fingerprint density at radius 2 is 2.29 bits per heavy atom. The molecule has 2 unspecified atom stereocenters. The summed E-state index contributed by atoms with van der Waals surface area (Å²) in [5.74, 6) is 0.102. The molecule has 1 aromatic heterocycles. The van der Waals surface area contributed by atoms with Gasteiger partial charge in [-0.15, -0.1) is 11.8 Å². The average Bonchev–Trinajstić information content (AvgIpc) is 2.91. The zero-order valence-electron chi connectivity index (χ0n) is 12.2. The van der Waals surface area contributed by atoms with Crippen molar-refractivity contribution in [1.82, 2.24) is 10.3 Å². The van der Waals surface area contributed by atoms with Gasteiger partial charge in [-0.3, -0.25) is 9.78 Å². The predicted octanol–water partition coefficient (Wildman–Crippen LogP) is 3.28. The molecule has 2 heterocycles. The van der Waals surface area contributed by atoms with Crippen molar-refractivity contribution in [2.24, 2.45) is 0 Å². The van der Waals surface area contributed by atoms with Gasteiger partial charge in [-0.05, 0) is 43.5 Å². The van der Waals surface area contributed by atoms with E-state index >= 15 is 0 Å². The lowest BCUT2D eigenvalue weighted by Crippen LogP contribution is -2.34. The molecule has 1 aromatic carbocycles. The molecule has 1 aliphatic heterocycles. The summed E-state index contributed by atoms with van der Waals surface area (Å²) in [7, 11) is 0. The quantitative estimate of drug-likeness (QED) is 0.945. The van der Waals surface area contributed by atoms with E-state index in [-0.39, 0.29) is 17.2 Å². The highest BCUT2D eigenvalue weighted by atomic mass is 32.2. The number of aryl methyl sites for hydroxylation is 1. The Balaban J connectivity index is 1.65. The first-order valence-electron chi connectivity index (χ1n) is 7.10. The normalized spacial score (nSPS) is 18.1. The monoisotopic (exact) mass is 298 g/mol. The number of benzene rings is 1. The first kappa shape index (κ1) is 14.1. The van der Waals surface area contributed by atoms with Crippen LogP contribution in [-0.4, -0.2) is 16.1 Å². The highest BCUT2D eigenvalue weighted by molar-refractivity contribution is 8.01. The number of rotatable bonds is 3. The smallest absolute Gasteiger partial charge is 0.234 e. The maximum Gasteiger partial charge on any atom is 0.234 e. The van der Waals surface area contributed by atoms with Gasteiger partial charge in [0.2, 0.25) is 5.91 Å². The van der Waals surface area contributed by atoms with Gasteiger partial charge in [0.05, 0.1) is 11.3 Å². The molecule has 3 rings (SSSR count). The minimum atomic E-state index is -0.0269. The molecule has 21 heavy (non-hydrogen) atoms. The number of carbonyl (C=O) groups excluding carboxylic acids is 1. The standard InChI is InChI=1S/C17H18N2OS/c1-11-5-6-13-9-16(21-15(13)8-11)17(20)19-12(2)14-4-3-7-18-10-14/h3-8,10,12,16H,9H2,1-2H3,(H,19,20). The summed E-state index contributed by atoms with van der Waals surface area (Å²) in [6.07, 6.45) is 4.35. The summed E-state index contributed by atoms with van der Waals surface area (Å²) in [6, 6.07) is 10.3. The number of thioether (sulfide) groups is 1. The Bertz CT molecular complexity index is 657. The van der Waals surface area contributed by atoms with Crippen LogP contribution in [0.3, 0.4) is 0 Å². The summed E-state index contributed by atoms with van der Waals surface area (Å²) >= 11 is 1.67. The first-order chi connectivity index (χ1) is 10.1. The summed E-state index contributed by atoms with van der Waals surface area (Å²) < 4.78 is 0. The van der Waals surface area contributed by atoms with Gasteiger partial charge in [0, 0.05) is 17.3 Å². The topological polar surface area (TPSA) is 42.0 Å². The molecule has 0 fully saturated rings. The Labute approximate surface area is 129 Å². The SMILES string of the molecule is Cc1ccc2c(c1)SC(C(=O)NC(C)c1cccnc1)C2. The van der Waals surface area contributed by atoms with Gasteiger partial charge < -0.3 is 5.32 Å². The number of nitrogens with zero attached hydrogens (tertiary/aromatic N) is 1. The van der Waals surface area contributed by atoms with Crippen molar-refractivity contribution in [2.75, 3.05) is 0 Å². The van der Waals surface area contributed by atoms with Crippen LogP contribution in [0.1, 0.15) is 29.7 Å². The van der Waals surface area contributed by atoms with E-state index in [9.17, 15) is 4.79 Å². The molecule has 0 spiro atoms. The van der Waals surface area contributed by atoms with Crippen LogP contribution >= 0.6 is 11.8 Å². The highest BCUT2D eigenvalue weighted by Gasteiger charge is 2.29. The summed E-state index contributed by atoms with van der Waals surface area (Å²) in [6.45, 7) is 4.07. The highest BCUT2D eigenvalue weighted by Crippen LogP contribution is 2.37. The van der Waals surface area contributed by atoms with Crippen molar-refractivity contribution in [3.63, 3.8) is 0 Å². The van der Waals surface area contributed by atoms with E-state index < -0.39 is 0 Å². The van der Waals surface area contributed by atoms with Crippen LogP contribution in [0.25, 0.3) is 0 Å². The summed E-state index contributed by atoms with van der Waals surface area (Å²) in [5.41, 5.74) is 3.55. The van der Waals surface area contributed by atoms with Gasteiger partial charge in [0.1, 0.15) is 0 Å². The summed E-state index contributed by atoms with van der Waals surface area (Å²) in [4.78, 5) is 17.8. The van der Waals surface area contributed by atoms with Crippen LogP contribution in [0.15, 0.2) is 47.6 Å². The number of aromatic nitrogens is 1. The van der Waals surface area contributed by atoms with Crippen molar-refractivity contribution in [2.45, 2.75) is 36.5 Å². The molecule has 0 bridgehead atoms. The van der Waals surface area contributed by atoms with Gasteiger partial charge in [0.25, 0.3) is 0 Å². The fourth-order valence-electron chi connectivity index (χ4n) is 2.50. The Kier molecular flexibility index (Phi) is 3.97. The van der Waals surface area contributed by atoms with Crippen molar-refractivity contribution in [1.29, 1.82) is 0 Å². The molecular formula is C17H18N2OS. The lowest BCUT2D eigenvalue weighted by molar-refractivity contribution is -0.121. The molecule has 0 aliphatic carbocycles. The van der Waals surface area contributed by atoms with Crippen molar-refractivity contribution in [3.05, 3.63) is 59.4 Å². The Morgan fingerprint density at radius 1 is 1.43 bits per heavy atom. The molecule has 3 nitrogen and oxygen atoms in total. The van der Waals surface area contributed by atoms with Crippen LogP contribution in [0.5, 0.6) is 0 Å². The van der Waals surface area contributed by atoms with E-state index in [0.29, 0.717) is 0 Å².